The predicted molar refractivity (Wildman–Crippen MR) is 87.2 cm³/mol. The Kier molecular flexibility index (Phi) is 4.39. The van der Waals surface area contributed by atoms with Gasteiger partial charge in [-0.25, -0.2) is 9.48 Å². The summed E-state index contributed by atoms with van der Waals surface area (Å²) < 4.78 is 9.20. The van der Waals surface area contributed by atoms with Crippen molar-refractivity contribution in [2.75, 3.05) is 6.61 Å². The molecule has 0 saturated heterocycles. The summed E-state index contributed by atoms with van der Waals surface area (Å²) in [5.74, 6) is 0. The number of hydrogen-bond donors (Lipinski definition) is 0. The molecule has 5 nitrogen and oxygen atoms in total. The summed E-state index contributed by atoms with van der Waals surface area (Å²) >= 11 is 0. The Hall–Kier alpha value is -1.40. The average Bonchev–Trinajstić information content (AvgIpc) is 2.71. The van der Waals surface area contributed by atoms with E-state index in [9.17, 15) is 4.79 Å². The molecule has 2 aromatic rings. The van der Waals surface area contributed by atoms with Crippen LogP contribution in [0.5, 0.6) is 0 Å². The molecule has 0 radical (unpaired) electrons. The van der Waals surface area contributed by atoms with Crippen LogP contribution in [-0.4, -0.2) is 29.1 Å². The van der Waals surface area contributed by atoms with E-state index in [0.717, 1.165) is 6.42 Å². The fraction of sp³-hybridized carbons (Fsp3) is 0.600. The molecule has 0 spiro atoms. The monoisotopic (exact) mass is 307 g/mol. The first-order chi connectivity index (χ1) is 9.72. The van der Waals surface area contributed by atoms with Crippen molar-refractivity contribution in [1.29, 1.82) is 0 Å². The molecule has 0 fully saturated rings. The van der Waals surface area contributed by atoms with Crippen LogP contribution in [0.4, 0.5) is 0 Å². The summed E-state index contributed by atoms with van der Waals surface area (Å²) in [4.78, 5) is 12.1. The van der Waals surface area contributed by atoms with Gasteiger partial charge < -0.3 is 4.43 Å². The van der Waals surface area contributed by atoms with Crippen molar-refractivity contribution in [2.24, 2.45) is 0 Å². The Bertz CT molecular complexity index is 667. The van der Waals surface area contributed by atoms with Crippen LogP contribution in [0.3, 0.4) is 0 Å². The van der Waals surface area contributed by atoms with Gasteiger partial charge in [0.05, 0.1) is 0 Å². The van der Waals surface area contributed by atoms with E-state index in [2.05, 4.69) is 39.0 Å². The van der Waals surface area contributed by atoms with E-state index in [1.165, 1.54) is 4.68 Å². The van der Waals surface area contributed by atoms with Gasteiger partial charge >= 0.3 is 5.69 Å². The molecule has 116 valence electrons. The number of rotatable bonds is 5. The second kappa shape index (κ2) is 5.77. The molecule has 0 unspecified atom stereocenters. The average molecular weight is 307 g/mol. The molecule has 0 amide bonds. The van der Waals surface area contributed by atoms with Crippen molar-refractivity contribution in [3.05, 3.63) is 34.9 Å². The SMILES string of the molecule is CC(C)(C)[Si](C)(C)OCCCn1nc2ccccn2c1=O. The van der Waals surface area contributed by atoms with Gasteiger partial charge in [-0.15, -0.1) is 5.10 Å². The summed E-state index contributed by atoms with van der Waals surface area (Å²) in [5.41, 5.74) is 0.603. The van der Waals surface area contributed by atoms with Gasteiger partial charge in [-0.1, -0.05) is 26.8 Å². The lowest BCUT2D eigenvalue weighted by Gasteiger charge is -2.36. The zero-order valence-electron chi connectivity index (χ0n) is 13.6. The lowest BCUT2D eigenvalue weighted by atomic mass is 10.2. The molecule has 0 saturated carbocycles. The minimum Gasteiger partial charge on any atom is -0.417 e. The van der Waals surface area contributed by atoms with Crippen LogP contribution in [-0.2, 0) is 11.0 Å². The Morgan fingerprint density at radius 1 is 1.29 bits per heavy atom. The van der Waals surface area contributed by atoms with Gasteiger partial charge in [-0.05, 0) is 36.7 Å². The molecule has 6 heteroatoms. The van der Waals surface area contributed by atoms with Crippen LogP contribution in [0.2, 0.25) is 18.1 Å². The third kappa shape index (κ3) is 3.44. The second-order valence-electron chi connectivity index (χ2n) is 6.90. The molecule has 0 aliphatic rings. The fourth-order valence-electron chi connectivity index (χ4n) is 1.87. The molecule has 2 aromatic heterocycles. The lowest BCUT2D eigenvalue weighted by Crippen LogP contribution is -2.41. The smallest absolute Gasteiger partial charge is 0.350 e. The highest BCUT2D eigenvalue weighted by molar-refractivity contribution is 6.74. The van der Waals surface area contributed by atoms with Crippen LogP contribution in [0.25, 0.3) is 5.65 Å². The molecular formula is C15H25N3O2Si. The van der Waals surface area contributed by atoms with Crippen molar-refractivity contribution < 1.29 is 4.43 Å². The first-order valence-corrected chi connectivity index (χ1v) is 10.3. The van der Waals surface area contributed by atoms with E-state index in [4.69, 9.17) is 4.43 Å². The van der Waals surface area contributed by atoms with Crippen molar-refractivity contribution >= 4 is 14.0 Å². The third-order valence-electron chi connectivity index (χ3n) is 4.27. The van der Waals surface area contributed by atoms with Gasteiger partial charge in [-0.2, -0.15) is 0 Å². The molecule has 21 heavy (non-hydrogen) atoms. The van der Waals surface area contributed by atoms with Crippen molar-refractivity contribution in [2.45, 2.75) is 51.9 Å². The first kappa shape index (κ1) is 16.0. The number of fused-ring (bicyclic) bond motifs is 1. The summed E-state index contributed by atoms with van der Waals surface area (Å²) in [6.07, 6.45) is 2.55. The van der Waals surface area contributed by atoms with Crippen molar-refractivity contribution in [3.8, 4) is 0 Å². The van der Waals surface area contributed by atoms with Crippen molar-refractivity contribution in [3.63, 3.8) is 0 Å². The Balaban J connectivity index is 1.94. The van der Waals surface area contributed by atoms with Gasteiger partial charge in [-0.3, -0.25) is 4.40 Å². The molecule has 0 N–H and O–H groups in total. The number of pyridine rings is 1. The lowest BCUT2D eigenvalue weighted by molar-refractivity contribution is 0.272. The van der Waals surface area contributed by atoms with Crippen LogP contribution in [0.15, 0.2) is 29.2 Å². The zero-order chi connectivity index (χ0) is 15.7. The molecule has 0 aliphatic carbocycles. The van der Waals surface area contributed by atoms with E-state index in [0.29, 0.717) is 18.8 Å². The summed E-state index contributed by atoms with van der Waals surface area (Å²) in [5, 5.41) is 4.53. The highest BCUT2D eigenvalue weighted by atomic mass is 28.4. The summed E-state index contributed by atoms with van der Waals surface area (Å²) in [6.45, 7) is 12.4. The Labute approximate surface area is 126 Å². The quantitative estimate of drug-likeness (QED) is 0.630. The van der Waals surface area contributed by atoms with E-state index >= 15 is 0 Å². The van der Waals surface area contributed by atoms with Gasteiger partial charge in [0.15, 0.2) is 14.0 Å². The normalized spacial score (nSPS) is 13.0. The number of aromatic nitrogens is 3. The van der Waals surface area contributed by atoms with Gasteiger partial charge in [0.25, 0.3) is 0 Å². The van der Waals surface area contributed by atoms with Crippen LogP contribution in [0, 0.1) is 0 Å². The molecular weight excluding hydrogens is 282 g/mol. The summed E-state index contributed by atoms with van der Waals surface area (Å²) in [6, 6.07) is 5.55. The molecule has 2 rings (SSSR count). The molecule has 0 aromatic carbocycles. The molecule has 0 bridgehead atoms. The van der Waals surface area contributed by atoms with Crippen LogP contribution in [0.1, 0.15) is 27.2 Å². The summed E-state index contributed by atoms with van der Waals surface area (Å²) in [7, 11) is -1.70. The van der Waals surface area contributed by atoms with E-state index < -0.39 is 8.32 Å². The minimum absolute atomic E-state index is 0.0853. The van der Waals surface area contributed by atoms with Gasteiger partial charge in [0, 0.05) is 19.3 Å². The maximum Gasteiger partial charge on any atom is 0.350 e. The maximum absolute atomic E-state index is 12.1. The number of nitrogens with zero attached hydrogens (tertiary/aromatic N) is 3. The third-order valence-corrected chi connectivity index (χ3v) is 8.81. The van der Waals surface area contributed by atoms with E-state index in [-0.39, 0.29) is 10.7 Å². The minimum atomic E-state index is -1.70. The van der Waals surface area contributed by atoms with E-state index in [1.807, 2.05) is 18.2 Å². The first-order valence-electron chi connectivity index (χ1n) is 7.40. The van der Waals surface area contributed by atoms with E-state index in [1.54, 1.807) is 10.6 Å². The second-order valence-corrected chi connectivity index (χ2v) is 11.7. The maximum atomic E-state index is 12.1. The Morgan fingerprint density at radius 3 is 2.62 bits per heavy atom. The van der Waals surface area contributed by atoms with Crippen LogP contribution < -0.4 is 5.69 Å². The van der Waals surface area contributed by atoms with Gasteiger partial charge in [0.1, 0.15) is 0 Å². The zero-order valence-corrected chi connectivity index (χ0v) is 14.6. The number of hydrogen-bond acceptors (Lipinski definition) is 3. The topological polar surface area (TPSA) is 48.5 Å². The standard InChI is InChI=1S/C15H25N3O2Si/c1-15(2,3)21(4,5)20-12-8-11-18-14(19)17-10-7-6-9-13(17)16-18/h6-7,9-10H,8,11-12H2,1-5H3. The molecule has 0 aliphatic heterocycles. The molecule has 0 atom stereocenters. The predicted octanol–water partition coefficient (Wildman–Crippen LogP) is 2.91. The highest BCUT2D eigenvalue weighted by Crippen LogP contribution is 2.36. The van der Waals surface area contributed by atoms with Gasteiger partial charge in [0.2, 0.25) is 0 Å². The molecule has 2 heterocycles. The number of aryl methyl sites for hydroxylation is 1. The largest absolute Gasteiger partial charge is 0.417 e. The fourth-order valence-corrected chi connectivity index (χ4v) is 2.96. The van der Waals surface area contributed by atoms with Crippen LogP contribution >= 0.6 is 0 Å². The highest BCUT2D eigenvalue weighted by Gasteiger charge is 2.36. The van der Waals surface area contributed by atoms with Crippen molar-refractivity contribution in [1.82, 2.24) is 14.2 Å². The Morgan fingerprint density at radius 2 is 2.00 bits per heavy atom.